The molecular formula is C19H27NO3. The molecule has 0 spiro atoms. The van der Waals surface area contributed by atoms with Gasteiger partial charge in [-0.3, -0.25) is 9.59 Å². The van der Waals surface area contributed by atoms with Crippen molar-refractivity contribution in [1.82, 2.24) is 5.32 Å². The van der Waals surface area contributed by atoms with Crippen molar-refractivity contribution in [2.45, 2.75) is 45.4 Å². The molecule has 0 saturated heterocycles. The molecule has 1 atom stereocenters. The molecule has 1 saturated carbocycles. The Morgan fingerprint density at radius 3 is 2.39 bits per heavy atom. The number of benzene rings is 1. The van der Waals surface area contributed by atoms with Crippen molar-refractivity contribution in [3.8, 4) is 0 Å². The molecule has 0 aliphatic heterocycles. The first-order chi connectivity index (χ1) is 11.1. The fraction of sp³-hybridized carbons (Fsp3) is 0.579. The first-order valence-electron chi connectivity index (χ1n) is 8.64. The fourth-order valence-electron chi connectivity index (χ4n) is 3.35. The molecule has 23 heavy (non-hydrogen) atoms. The molecule has 0 radical (unpaired) electrons. The van der Waals surface area contributed by atoms with Crippen molar-refractivity contribution in [3.05, 3.63) is 35.9 Å². The Bertz CT molecular complexity index is 507. The average Bonchev–Trinajstić information content (AvgIpc) is 2.59. The van der Waals surface area contributed by atoms with Crippen LogP contribution in [0.3, 0.4) is 0 Å². The molecule has 0 heterocycles. The molecule has 1 aromatic rings. The van der Waals surface area contributed by atoms with E-state index in [2.05, 4.69) is 12.2 Å². The molecule has 126 valence electrons. The predicted molar refractivity (Wildman–Crippen MR) is 90.0 cm³/mol. The van der Waals surface area contributed by atoms with Gasteiger partial charge in [0, 0.05) is 12.5 Å². The Labute approximate surface area is 138 Å². The molecule has 1 unspecified atom stereocenters. The molecule has 2 N–H and O–H groups in total. The van der Waals surface area contributed by atoms with Gasteiger partial charge in [0.25, 0.3) is 0 Å². The number of hydrogen-bond acceptors (Lipinski definition) is 2. The van der Waals surface area contributed by atoms with Gasteiger partial charge in [0.15, 0.2) is 0 Å². The zero-order chi connectivity index (χ0) is 16.7. The Morgan fingerprint density at radius 1 is 1.17 bits per heavy atom. The van der Waals surface area contributed by atoms with Gasteiger partial charge in [0.1, 0.15) is 0 Å². The van der Waals surface area contributed by atoms with E-state index < -0.39 is 11.9 Å². The van der Waals surface area contributed by atoms with E-state index in [1.165, 1.54) is 6.42 Å². The zero-order valence-corrected chi connectivity index (χ0v) is 13.8. The summed E-state index contributed by atoms with van der Waals surface area (Å²) < 4.78 is 0. The number of amides is 1. The number of rotatable bonds is 7. The Morgan fingerprint density at radius 2 is 1.83 bits per heavy atom. The molecule has 1 aliphatic rings. The third-order valence-corrected chi connectivity index (χ3v) is 4.99. The average molecular weight is 317 g/mol. The topological polar surface area (TPSA) is 66.4 Å². The van der Waals surface area contributed by atoms with E-state index >= 15 is 0 Å². The summed E-state index contributed by atoms with van der Waals surface area (Å²) in [6, 6.07) is 9.55. The smallest absolute Gasteiger partial charge is 0.308 e. The monoisotopic (exact) mass is 317 g/mol. The molecule has 1 amide bonds. The second kappa shape index (κ2) is 8.70. The molecule has 1 aromatic carbocycles. The van der Waals surface area contributed by atoms with E-state index in [0.29, 0.717) is 6.42 Å². The van der Waals surface area contributed by atoms with E-state index in [4.69, 9.17) is 0 Å². The minimum Gasteiger partial charge on any atom is -0.481 e. The lowest BCUT2D eigenvalue weighted by Gasteiger charge is -2.27. The van der Waals surface area contributed by atoms with Gasteiger partial charge >= 0.3 is 5.97 Å². The maximum absolute atomic E-state index is 12.3. The Hall–Kier alpha value is -1.84. The van der Waals surface area contributed by atoms with E-state index in [0.717, 1.165) is 37.2 Å². The van der Waals surface area contributed by atoms with Gasteiger partial charge in [-0.2, -0.15) is 0 Å². The highest BCUT2D eigenvalue weighted by Gasteiger charge is 2.26. The first-order valence-corrected chi connectivity index (χ1v) is 8.64. The maximum atomic E-state index is 12.3. The van der Waals surface area contributed by atoms with Crippen LogP contribution in [0.15, 0.2) is 30.3 Å². The summed E-state index contributed by atoms with van der Waals surface area (Å²) in [5.74, 6) is -0.594. The third kappa shape index (κ3) is 5.38. The predicted octanol–water partition coefficient (Wildman–Crippen LogP) is 3.26. The van der Waals surface area contributed by atoms with Crippen LogP contribution in [0.25, 0.3) is 0 Å². The lowest BCUT2D eigenvalue weighted by atomic mass is 9.80. The number of carbonyl (C=O) groups is 2. The van der Waals surface area contributed by atoms with Crippen LogP contribution < -0.4 is 5.32 Å². The van der Waals surface area contributed by atoms with Crippen LogP contribution in [-0.2, 0) is 16.0 Å². The van der Waals surface area contributed by atoms with Crippen molar-refractivity contribution >= 4 is 11.9 Å². The van der Waals surface area contributed by atoms with Crippen LogP contribution in [0.2, 0.25) is 0 Å². The molecule has 4 heteroatoms. The molecule has 0 bridgehead atoms. The lowest BCUT2D eigenvalue weighted by molar-refractivity contribution is -0.141. The van der Waals surface area contributed by atoms with Gasteiger partial charge in [0.05, 0.1) is 5.92 Å². The summed E-state index contributed by atoms with van der Waals surface area (Å²) in [6.07, 6.45) is 5.72. The van der Waals surface area contributed by atoms with Gasteiger partial charge in [0.2, 0.25) is 5.91 Å². The van der Waals surface area contributed by atoms with Crippen molar-refractivity contribution in [2.75, 3.05) is 6.54 Å². The van der Waals surface area contributed by atoms with E-state index in [1.54, 1.807) is 0 Å². The van der Waals surface area contributed by atoms with E-state index in [1.807, 2.05) is 30.3 Å². The van der Waals surface area contributed by atoms with Crippen LogP contribution in [-0.4, -0.2) is 23.5 Å². The second-order valence-corrected chi connectivity index (χ2v) is 6.60. The van der Waals surface area contributed by atoms with E-state index in [9.17, 15) is 14.7 Å². The summed E-state index contributed by atoms with van der Waals surface area (Å²) >= 11 is 0. The second-order valence-electron chi connectivity index (χ2n) is 6.60. The molecule has 1 aliphatic carbocycles. The fourth-order valence-corrected chi connectivity index (χ4v) is 3.35. The summed E-state index contributed by atoms with van der Waals surface area (Å²) in [6.45, 7) is 2.41. The van der Waals surface area contributed by atoms with Gasteiger partial charge in [-0.15, -0.1) is 0 Å². The van der Waals surface area contributed by atoms with Crippen LogP contribution in [0.5, 0.6) is 0 Å². The lowest BCUT2D eigenvalue weighted by Crippen LogP contribution is -2.38. The number of carbonyl (C=O) groups excluding carboxylic acids is 1. The molecule has 2 rings (SSSR count). The van der Waals surface area contributed by atoms with Crippen LogP contribution in [0, 0.1) is 17.8 Å². The van der Waals surface area contributed by atoms with Crippen LogP contribution >= 0.6 is 0 Å². The summed E-state index contributed by atoms with van der Waals surface area (Å²) in [5, 5.41) is 12.2. The zero-order valence-electron chi connectivity index (χ0n) is 13.8. The number of nitrogens with one attached hydrogen (secondary N) is 1. The van der Waals surface area contributed by atoms with Gasteiger partial charge < -0.3 is 10.4 Å². The number of carboxylic acids is 1. The van der Waals surface area contributed by atoms with Crippen molar-refractivity contribution in [1.29, 1.82) is 0 Å². The summed E-state index contributed by atoms with van der Waals surface area (Å²) in [4.78, 5) is 23.7. The van der Waals surface area contributed by atoms with Crippen molar-refractivity contribution < 1.29 is 14.7 Å². The largest absolute Gasteiger partial charge is 0.481 e. The summed E-state index contributed by atoms with van der Waals surface area (Å²) in [7, 11) is 0. The number of aliphatic carboxylic acids is 1. The number of hydrogen-bond donors (Lipinski definition) is 2. The number of carboxylic acid groups (broad SMARTS) is 1. The molecule has 0 aromatic heterocycles. The molecule has 4 nitrogen and oxygen atoms in total. The quantitative estimate of drug-likeness (QED) is 0.811. The third-order valence-electron chi connectivity index (χ3n) is 4.99. The van der Waals surface area contributed by atoms with Crippen LogP contribution in [0.4, 0.5) is 0 Å². The van der Waals surface area contributed by atoms with Crippen molar-refractivity contribution in [2.24, 2.45) is 17.8 Å². The molecule has 1 fully saturated rings. The maximum Gasteiger partial charge on any atom is 0.308 e. The molecular weight excluding hydrogens is 290 g/mol. The standard InChI is InChI=1S/C19H27NO3/c1-2-14-8-10-16(11-9-14)18(21)20-13-17(19(22)23)12-15-6-4-3-5-7-15/h3-7,14,16-17H,2,8-13H2,1H3,(H,20,21)(H,22,23). The minimum atomic E-state index is -0.858. The van der Waals surface area contributed by atoms with Crippen molar-refractivity contribution in [3.63, 3.8) is 0 Å². The highest BCUT2D eigenvalue weighted by atomic mass is 16.4. The highest BCUT2D eigenvalue weighted by Crippen LogP contribution is 2.30. The first kappa shape index (κ1) is 17.5. The Kier molecular flexibility index (Phi) is 6.63. The van der Waals surface area contributed by atoms with Crippen LogP contribution in [0.1, 0.15) is 44.6 Å². The van der Waals surface area contributed by atoms with E-state index in [-0.39, 0.29) is 18.4 Å². The SMILES string of the molecule is CCC1CCC(C(=O)NCC(Cc2ccccc2)C(=O)O)CC1. The highest BCUT2D eigenvalue weighted by molar-refractivity contribution is 5.79. The van der Waals surface area contributed by atoms with Gasteiger partial charge in [-0.05, 0) is 43.6 Å². The Balaban J connectivity index is 1.82. The summed E-state index contributed by atoms with van der Waals surface area (Å²) in [5.41, 5.74) is 0.984. The normalized spacial score (nSPS) is 22.3. The van der Waals surface area contributed by atoms with Gasteiger partial charge in [-0.25, -0.2) is 0 Å². The minimum absolute atomic E-state index is 0.0267. The van der Waals surface area contributed by atoms with Gasteiger partial charge in [-0.1, -0.05) is 43.7 Å².